The first-order valence-electron chi connectivity index (χ1n) is 16.9. The maximum Gasteiger partial charge on any atom is 0.233 e. The van der Waals surface area contributed by atoms with Gasteiger partial charge in [-0.15, -0.1) is 0 Å². The largest absolute Gasteiger partial charge is 0.356 e. The molecule has 4 aliphatic rings. The van der Waals surface area contributed by atoms with E-state index < -0.39 is 5.41 Å². The molecular weight excluding hydrogens is 554 g/mol. The Balaban J connectivity index is 1.16. The fraction of sp³-hybridized carbons (Fsp3) is 0.462. The van der Waals surface area contributed by atoms with E-state index in [1.165, 1.54) is 38.9 Å². The van der Waals surface area contributed by atoms with Crippen LogP contribution >= 0.6 is 0 Å². The highest BCUT2D eigenvalue weighted by Crippen LogP contribution is 2.43. The van der Waals surface area contributed by atoms with Crippen LogP contribution in [-0.2, 0) is 10.2 Å². The molecule has 7 rings (SSSR count). The Kier molecular flexibility index (Phi) is 7.67. The Hall–Kier alpha value is -3.77. The van der Waals surface area contributed by atoms with Crippen molar-refractivity contribution in [2.45, 2.75) is 96.3 Å². The molecular formula is C39H49N5O. The SMILES string of the molecule is Cc1cc(C)cc(-c2[nH]c3ccc(C(C)(C)C(=O)N4C5CCC4CC5)cc3c2[C@H](C)CNCCC2=CC3N(C)C=CN3C=C2)c1. The molecule has 2 saturated heterocycles. The number of allylic oxidation sites excluding steroid dienone is 1. The Morgan fingerprint density at radius 3 is 2.42 bits per heavy atom. The van der Waals surface area contributed by atoms with E-state index in [0.717, 1.165) is 56.3 Å². The normalized spacial score (nSPS) is 22.9. The summed E-state index contributed by atoms with van der Waals surface area (Å²) in [4.78, 5) is 24.6. The number of amides is 1. The third-order valence-corrected chi connectivity index (χ3v) is 10.8. The smallest absolute Gasteiger partial charge is 0.233 e. The van der Waals surface area contributed by atoms with Gasteiger partial charge < -0.3 is 25.0 Å². The quantitative estimate of drug-likeness (QED) is 0.249. The third-order valence-electron chi connectivity index (χ3n) is 10.8. The maximum atomic E-state index is 14.1. The zero-order valence-electron chi connectivity index (χ0n) is 27.9. The lowest BCUT2D eigenvalue weighted by Gasteiger charge is -2.33. The average molecular weight is 604 g/mol. The fourth-order valence-corrected chi connectivity index (χ4v) is 8.31. The van der Waals surface area contributed by atoms with E-state index in [4.69, 9.17) is 0 Å². The minimum Gasteiger partial charge on any atom is -0.356 e. The first-order chi connectivity index (χ1) is 21.6. The molecule has 45 heavy (non-hydrogen) atoms. The minimum atomic E-state index is -0.574. The number of carbonyl (C=O) groups excluding carboxylic acids is 1. The molecule has 0 spiro atoms. The summed E-state index contributed by atoms with van der Waals surface area (Å²) >= 11 is 0. The number of nitrogens with zero attached hydrogens (tertiary/aromatic N) is 3. The van der Waals surface area contributed by atoms with E-state index in [9.17, 15) is 4.79 Å². The number of rotatable bonds is 9. The van der Waals surface area contributed by atoms with Crippen molar-refractivity contribution in [2.75, 3.05) is 20.1 Å². The van der Waals surface area contributed by atoms with Crippen molar-refractivity contribution in [3.63, 3.8) is 0 Å². The molecule has 0 saturated carbocycles. The van der Waals surface area contributed by atoms with E-state index in [1.54, 1.807) is 0 Å². The highest BCUT2D eigenvalue weighted by molar-refractivity contribution is 5.95. The van der Waals surface area contributed by atoms with Crippen LogP contribution in [0.25, 0.3) is 22.2 Å². The summed E-state index contributed by atoms with van der Waals surface area (Å²) in [5.41, 5.74) is 9.33. The molecule has 1 unspecified atom stereocenters. The standard InChI is InChI=1S/C39H49N5O/c1-25-19-26(2)21-29(20-25)37-36(27(3)24-40-15-13-28-14-16-43-18-17-42(6)35(43)22-28)33-23-30(7-12-34(33)41-37)39(4,5)38(45)44-31-8-9-32(44)11-10-31/h7,12,14,16-23,27,31-32,35,40-41H,8-11,13,15,24H2,1-6H3/t27-,31?,32?,35?/m1/s1. The number of benzene rings is 2. The third kappa shape index (κ3) is 5.41. The predicted molar refractivity (Wildman–Crippen MR) is 185 cm³/mol. The van der Waals surface area contributed by atoms with Crippen LogP contribution in [0.5, 0.6) is 0 Å². The molecule has 1 aromatic heterocycles. The lowest BCUT2D eigenvalue weighted by atomic mass is 9.81. The molecule has 6 heteroatoms. The second-order valence-electron chi connectivity index (χ2n) is 14.6. The molecule has 3 aromatic rings. The maximum absolute atomic E-state index is 14.1. The van der Waals surface area contributed by atoms with Gasteiger partial charge in [-0.2, -0.15) is 0 Å². The van der Waals surface area contributed by atoms with Crippen molar-refractivity contribution in [2.24, 2.45) is 0 Å². The number of aromatic nitrogens is 1. The van der Waals surface area contributed by atoms with Gasteiger partial charge in [0.05, 0.1) is 11.1 Å². The van der Waals surface area contributed by atoms with Crippen molar-refractivity contribution in [1.29, 1.82) is 0 Å². The van der Waals surface area contributed by atoms with Crippen LogP contribution in [0.2, 0.25) is 0 Å². The van der Waals surface area contributed by atoms with Gasteiger partial charge in [0, 0.05) is 55.2 Å². The van der Waals surface area contributed by atoms with Crippen molar-refractivity contribution < 1.29 is 4.79 Å². The number of aromatic amines is 1. The van der Waals surface area contributed by atoms with E-state index in [0.29, 0.717) is 24.2 Å². The van der Waals surface area contributed by atoms with Crippen molar-refractivity contribution in [3.05, 3.63) is 95.0 Å². The van der Waals surface area contributed by atoms with Gasteiger partial charge in [0.2, 0.25) is 5.91 Å². The van der Waals surface area contributed by atoms with E-state index in [-0.39, 0.29) is 5.92 Å². The number of fused-ring (bicyclic) bond motifs is 4. The molecule has 4 aliphatic heterocycles. The molecule has 0 aliphatic carbocycles. The lowest BCUT2D eigenvalue weighted by Crippen LogP contribution is -2.45. The number of H-pyrrole nitrogens is 1. The highest BCUT2D eigenvalue weighted by atomic mass is 16.2. The monoisotopic (exact) mass is 603 g/mol. The molecule has 0 radical (unpaired) electrons. The van der Waals surface area contributed by atoms with Gasteiger partial charge in [-0.25, -0.2) is 0 Å². The van der Waals surface area contributed by atoms with Crippen LogP contribution in [0, 0.1) is 13.8 Å². The second-order valence-corrected chi connectivity index (χ2v) is 14.6. The highest BCUT2D eigenvalue weighted by Gasteiger charge is 2.47. The summed E-state index contributed by atoms with van der Waals surface area (Å²) in [7, 11) is 2.13. The Morgan fingerprint density at radius 1 is 1.00 bits per heavy atom. The molecule has 2 N–H and O–H groups in total. The molecule has 5 heterocycles. The zero-order chi connectivity index (χ0) is 31.5. The number of hydrogen-bond acceptors (Lipinski definition) is 4. The molecule has 2 aromatic carbocycles. The first kappa shape index (κ1) is 29.9. The second kappa shape index (κ2) is 11.5. The summed E-state index contributed by atoms with van der Waals surface area (Å²) < 4.78 is 0. The Morgan fingerprint density at radius 2 is 1.71 bits per heavy atom. The molecule has 2 atom stereocenters. The van der Waals surface area contributed by atoms with Crippen LogP contribution < -0.4 is 5.32 Å². The zero-order valence-corrected chi connectivity index (χ0v) is 27.9. The Labute approximate surface area is 268 Å². The number of likely N-dealkylation sites (N-methyl/N-ethyl adjacent to an activating group) is 1. The summed E-state index contributed by atoms with van der Waals surface area (Å²) in [6, 6.07) is 14.4. The molecule has 2 bridgehead atoms. The molecule has 236 valence electrons. The summed E-state index contributed by atoms with van der Waals surface area (Å²) in [5, 5.41) is 5.01. The topological polar surface area (TPSA) is 54.6 Å². The van der Waals surface area contributed by atoms with Crippen LogP contribution in [0.4, 0.5) is 0 Å². The van der Waals surface area contributed by atoms with E-state index in [2.05, 4.69) is 134 Å². The number of nitrogens with one attached hydrogen (secondary N) is 2. The van der Waals surface area contributed by atoms with Gasteiger partial charge in [0.1, 0.15) is 6.17 Å². The Bertz CT molecular complexity index is 1670. The predicted octanol–water partition coefficient (Wildman–Crippen LogP) is 7.46. The van der Waals surface area contributed by atoms with Gasteiger partial charge in [-0.3, -0.25) is 4.79 Å². The van der Waals surface area contributed by atoms with Crippen LogP contribution in [0.15, 0.2) is 72.7 Å². The van der Waals surface area contributed by atoms with Crippen molar-refractivity contribution >= 4 is 16.8 Å². The lowest BCUT2D eigenvalue weighted by molar-refractivity contribution is -0.137. The minimum absolute atomic E-state index is 0.273. The van der Waals surface area contributed by atoms with Crippen LogP contribution in [0.1, 0.15) is 81.0 Å². The first-order valence-corrected chi connectivity index (χ1v) is 16.9. The molecule has 2 fully saturated rings. The molecule has 6 nitrogen and oxygen atoms in total. The van der Waals surface area contributed by atoms with Gasteiger partial charge in [-0.05, 0) is 131 Å². The van der Waals surface area contributed by atoms with Crippen molar-refractivity contribution in [1.82, 2.24) is 25.0 Å². The number of carbonyl (C=O) groups is 1. The van der Waals surface area contributed by atoms with Crippen molar-refractivity contribution in [3.8, 4) is 11.3 Å². The summed E-state index contributed by atoms with van der Waals surface area (Å²) in [5.74, 6) is 0.566. The number of aryl methyl sites for hydroxylation is 2. The van der Waals surface area contributed by atoms with Gasteiger partial charge >= 0.3 is 0 Å². The summed E-state index contributed by atoms with van der Waals surface area (Å²) in [6.07, 6.45) is 17.0. The van der Waals surface area contributed by atoms with Crippen LogP contribution in [0.3, 0.4) is 0 Å². The van der Waals surface area contributed by atoms with Crippen LogP contribution in [-0.4, -0.2) is 64.0 Å². The van der Waals surface area contributed by atoms with Gasteiger partial charge in [0.25, 0.3) is 0 Å². The van der Waals surface area contributed by atoms with Gasteiger partial charge in [-0.1, -0.05) is 30.2 Å². The van der Waals surface area contributed by atoms with E-state index in [1.807, 2.05) is 0 Å². The molecule has 1 amide bonds. The van der Waals surface area contributed by atoms with E-state index >= 15 is 0 Å². The average Bonchev–Trinajstić information content (AvgIpc) is 3.80. The fourth-order valence-electron chi connectivity index (χ4n) is 8.31. The summed E-state index contributed by atoms with van der Waals surface area (Å²) in [6.45, 7) is 12.7. The van der Waals surface area contributed by atoms with Gasteiger partial charge in [0.15, 0.2) is 0 Å². The number of hydrogen-bond donors (Lipinski definition) is 2.